The van der Waals surface area contributed by atoms with Crippen molar-refractivity contribution < 1.29 is 4.79 Å². The minimum absolute atomic E-state index is 0. The number of hydrogen-bond donors (Lipinski definition) is 2. The maximum atomic E-state index is 13.5. The van der Waals surface area contributed by atoms with Crippen molar-refractivity contribution in [2.45, 2.75) is 109 Å². The zero-order chi connectivity index (χ0) is 25.8. The van der Waals surface area contributed by atoms with E-state index in [4.69, 9.17) is 5.73 Å². The number of benzene rings is 2. The third kappa shape index (κ3) is 6.82. The Labute approximate surface area is 235 Å². The number of fused-ring (bicyclic) bond motifs is 1. The largest absolute Gasteiger partial charge is 0.353 e. The lowest BCUT2D eigenvalue weighted by Gasteiger charge is -2.27. The summed E-state index contributed by atoms with van der Waals surface area (Å²) in [6, 6.07) is 18.3. The van der Waals surface area contributed by atoms with Gasteiger partial charge in [-0.05, 0) is 73.1 Å². The normalized spacial score (nSPS) is 21.3. The van der Waals surface area contributed by atoms with Gasteiger partial charge < -0.3 is 15.6 Å². The van der Waals surface area contributed by atoms with E-state index < -0.39 is 0 Å². The average Bonchev–Trinajstić information content (AvgIpc) is 3.27. The first kappa shape index (κ1) is 28.7. The van der Waals surface area contributed by atoms with Crippen LogP contribution in [0.1, 0.15) is 107 Å². The number of amides is 1. The zero-order valence-corrected chi connectivity index (χ0v) is 24.0. The molecule has 0 bridgehead atoms. The van der Waals surface area contributed by atoms with Crippen molar-refractivity contribution in [2.75, 3.05) is 0 Å². The number of carbonyl (C=O) groups is 1. The maximum Gasteiger partial charge on any atom is 0.221 e. The number of halogens is 1. The van der Waals surface area contributed by atoms with Gasteiger partial charge in [-0.1, -0.05) is 75.6 Å². The van der Waals surface area contributed by atoms with Crippen molar-refractivity contribution in [2.24, 2.45) is 11.7 Å². The molecule has 0 saturated heterocycles. The predicted molar refractivity (Wildman–Crippen MR) is 161 cm³/mol. The molecular formula is C33H46ClN3O. The summed E-state index contributed by atoms with van der Waals surface area (Å²) in [6.45, 7) is 5.56. The van der Waals surface area contributed by atoms with Crippen LogP contribution in [0, 0.1) is 5.92 Å². The van der Waals surface area contributed by atoms with E-state index in [1.54, 1.807) is 0 Å². The summed E-state index contributed by atoms with van der Waals surface area (Å²) in [6.07, 6.45) is 13.6. The molecule has 0 spiro atoms. The third-order valence-electron chi connectivity index (χ3n) is 8.88. The molecule has 0 radical (unpaired) electrons. The number of carbonyl (C=O) groups excluding carboxylic acids is 1. The standard InChI is InChI=1S/C33H45N3O.ClH/c1-23(2)25-11-8-12-26(19-25)30(20-33(37)35-28-17-15-27(34)16-18-28)31-22-36(21-24-9-4-3-5-10-24)32-14-7-6-13-29(31)32;/h6-8,11-14,19,22-24,27-28,30H,3-5,9-10,15-18,20-21,34H2,1-2H3,(H,35,37);1H. The molecule has 3 N–H and O–H groups in total. The molecular weight excluding hydrogens is 490 g/mol. The summed E-state index contributed by atoms with van der Waals surface area (Å²) in [4.78, 5) is 13.5. The van der Waals surface area contributed by atoms with Crippen molar-refractivity contribution >= 4 is 29.2 Å². The first-order valence-electron chi connectivity index (χ1n) is 14.7. The van der Waals surface area contributed by atoms with Crippen molar-refractivity contribution in [3.63, 3.8) is 0 Å². The lowest BCUT2D eigenvalue weighted by atomic mass is 9.85. The number of aromatic nitrogens is 1. The van der Waals surface area contributed by atoms with Gasteiger partial charge in [-0.2, -0.15) is 0 Å². The van der Waals surface area contributed by atoms with Crippen molar-refractivity contribution in [1.29, 1.82) is 0 Å². The number of nitrogens with zero attached hydrogens (tertiary/aromatic N) is 1. The molecule has 5 rings (SSSR count). The Kier molecular flexibility index (Phi) is 9.95. The van der Waals surface area contributed by atoms with Crippen LogP contribution in [0.4, 0.5) is 0 Å². The van der Waals surface area contributed by atoms with Gasteiger partial charge in [-0.3, -0.25) is 4.79 Å². The van der Waals surface area contributed by atoms with E-state index >= 15 is 0 Å². The highest BCUT2D eigenvalue weighted by molar-refractivity contribution is 5.87. The zero-order valence-electron chi connectivity index (χ0n) is 23.2. The second kappa shape index (κ2) is 13.2. The van der Waals surface area contributed by atoms with Gasteiger partial charge in [0.25, 0.3) is 0 Å². The molecule has 1 atom stereocenters. The quantitative estimate of drug-likeness (QED) is 0.311. The van der Waals surface area contributed by atoms with Gasteiger partial charge >= 0.3 is 0 Å². The van der Waals surface area contributed by atoms with Gasteiger partial charge in [-0.15, -0.1) is 12.4 Å². The molecule has 2 saturated carbocycles. The minimum atomic E-state index is 0. The third-order valence-corrected chi connectivity index (χ3v) is 8.88. The highest BCUT2D eigenvalue weighted by atomic mass is 35.5. The summed E-state index contributed by atoms with van der Waals surface area (Å²) in [7, 11) is 0. The molecule has 2 aliphatic rings. The van der Waals surface area contributed by atoms with Crippen LogP contribution in [0.5, 0.6) is 0 Å². The molecule has 0 aliphatic heterocycles. The van der Waals surface area contributed by atoms with Crippen LogP contribution in [0.3, 0.4) is 0 Å². The van der Waals surface area contributed by atoms with Gasteiger partial charge in [-0.25, -0.2) is 0 Å². The number of hydrogen-bond acceptors (Lipinski definition) is 2. The first-order chi connectivity index (χ1) is 18.0. The van der Waals surface area contributed by atoms with E-state index in [0.717, 1.165) is 38.1 Å². The lowest BCUT2D eigenvalue weighted by Crippen LogP contribution is -2.40. The number of nitrogens with one attached hydrogen (secondary N) is 1. The van der Waals surface area contributed by atoms with Gasteiger partial charge in [0.1, 0.15) is 0 Å². The molecule has 1 amide bonds. The van der Waals surface area contributed by atoms with Gasteiger partial charge in [0.2, 0.25) is 5.91 Å². The number of rotatable bonds is 8. The summed E-state index contributed by atoms with van der Waals surface area (Å²) in [5.74, 6) is 1.39. The van der Waals surface area contributed by atoms with Crippen LogP contribution in [0.2, 0.25) is 0 Å². The molecule has 2 aromatic carbocycles. The Hall–Kier alpha value is -2.30. The fourth-order valence-corrected chi connectivity index (χ4v) is 6.63. The highest BCUT2D eigenvalue weighted by Crippen LogP contribution is 2.37. The summed E-state index contributed by atoms with van der Waals surface area (Å²) in [5, 5.41) is 4.65. The number of para-hydroxylation sites is 1. The number of nitrogens with two attached hydrogens (primary N) is 1. The summed E-state index contributed by atoms with van der Waals surface area (Å²) >= 11 is 0. The van der Waals surface area contributed by atoms with Crippen molar-refractivity contribution in [3.8, 4) is 0 Å². The SMILES string of the molecule is CC(C)c1cccc(C(CC(=O)NC2CCC(N)CC2)c2cn(CC3CCCCC3)c3ccccc23)c1.Cl. The Balaban J connectivity index is 0.00000336. The topological polar surface area (TPSA) is 60.1 Å². The van der Waals surface area contributed by atoms with E-state index in [9.17, 15) is 4.79 Å². The van der Waals surface area contributed by atoms with E-state index in [0.29, 0.717) is 12.3 Å². The second-order valence-corrected chi connectivity index (χ2v) is 12.0. The van der Waals surface area contributed by atoms with Gasteiger partial charge in [0.15, 0.2) is 0 Å². The monoisotopic (exact) mass is 535 g/mol. The van der Waals surface area contributed by atoms with Crippen molar-refractivity contribution in [1.82, 2.24) is 9.88 Å². The fraction of sp³-hybridized carbons (Fsp3) is 0.545. The van der Waals surface area contributed by atoms with E-state index in [1.807, 2.05) is 0 Å². The van der Waals surface area contributed by atoms with Crippen LogP contribution in [0.25, 0.3) is 10.9 Å². The Morgan fingerprint density at radius 2 is 1.66 bits per heavy atom. The van der Waals surface area contributed by atoms with Crippen LogP contribution in [-0.2, 0) is 11.3 Å². The molecule has 1 heterocycles. The average molecular weight is 536 g/mol. The molecule has 1 aromatic heterocycles. The maximum absolute atomic E-state index is 13.5. The lowest BCUT2D eigenvalue weighted by molar-refractivity contribution is -0.122. The predicted octanol–water partition coefficient (Wildman–Crippen LogP) is 7.67. The van der Waals surface area contributed by atoms with E-state index in [2.05, 4.69) is 78.5 Å². The highest BCUT2D eigenvalue weighted by Gasteiger charge is 2.26. The molecule has 3 aromatic rings. The summed E-state index contributed by atoms with van der Waals surface area (Å²) in [5.41, 5.74) is 11.3. The molecule has 2 aliphatic carbocycles. The smallest absolute Gasteiger partial charge is 0.221 e. The van der Waals surface area contributed by atoms with Gasteiger partial charge in [0.05, 0.1) is 0 Å². The summed E-state index contributed by atoms with van der Waals surface area (Å²) < 4.78 is 2.49. The molecule has 5 heteroatoms. The second-order valence-electron chi connectivity index (χ2n) is 12.0. The fourth-order valence-electron chi connectivity index (χ4n) is 6.63. The van der Waals surface area contributed by atoms with Crippen LogP contribution in [-0.4, -0.2) is 22.6 Å². The molecule has 1 unspecified atom stereocenters. The van der Waals surface area contributed by atoms with Crippen molar-refractivity contribution in [3.05, 3.63) is 71.4 Å². The minimum Gasteiger partial charge on any atom is -0.353 e. The Bertz CT molecular complexity index is 1190. The van der Waals surface area contributed by atoms with Crippen LogP contribution in [0.15, 0.2) is 54.7 Å². The van der Waals surface area contributed by atoms with Gasteiger partial charge in [0, 0.05) is 48.1 Å². The molecule has 2 fully saturated rings. The molecule has 206 valence electrons. The van der Waals surface area contributed by atoms with Crippen LogP contribution < -0.4 is 11.1 Å². The Morgan fingerprint density at radius 3 is 2.39 bits per heavy atom. The molecule has 4 nitrogen and oxygen atoms in total. The van der Waals surface area contributed by atoms with Crippen LogP contribution >= 0.6 is 12.4 Å². The molecule has 38 heavy (non-hydrogen) atoms. The van der Waals surface area contributed by atoms with E-state index in [1.165, 1.54) is 59.7 Å². The van der Waals surface area contributed by atoms with E-state index in [-0.39, 0.29) is 36.3 Å². The Morgan fingerprint density at radius 1 is 0.947 bits per heavy atom. The first-order valence-corrected chi connectivity index (χ1v) is 14.7.